The van der Waals surface area contributed by atoms with Gasteiger partial charge in [-0.1, -0.05) is 42.5 Å². The van der Waals surface area contributed by atoms with Gasteiger partial charge in [-0.2, -0.15) is 5.26 Å². The SMILES string of the molecule is CCOc1cc(/C=C(\C#N)C(=O)Nc2ccc([N+](=O)[O-])cc2Br)cc(I)c1OCc1cccc2ccccc12. The summed E-state index contributed by atoms with van der Waals surface area (Å²) in [4.78, 5) is 23.3. The van der Waals surface area contributed by atoms with Gasteiger partial charge in [-0.15, -0.1) is 0 Å². The van der Waals surface area contributed by atoms with E-state index >= 15 is 0 Å². The van der Waals surface area contributed by atoms with Crippen LogP contribution in [0, 0.1) is 25.0 Å². The minimum Gasteiger partial charge on any atom is -0.490 e. The summed E-state index contributed by atoms with van der Waals surface area (Å²) in [6, 6.07) is 23.5. The molecular formula is C29H21BrIN3O5. The average molecular weight is 698 g/mol. The van der Waals surface area contributed by atoms with Crippen LogP contribution in [0.2, 0.25) is 0 Å². The maximum atomic E-state index is 12.8. The van der Waals surface area contributed by atoms with E-state index in [0.717, 1.165) is 19.9 Å². The van der Waals surface area contributed by atoms with Gasteiger partial charge in [0.1, 0.15) is 18.2 Å². The van der Waals surface area contributed by atoms with Crippen molar-refractivity contribution in [1.82, 2.24) is 0 Å². The zero-order chi connectivity index (χ0) is 27.9. The second-order valence-corrected chi connectivity index (χ2v) is 10.3. The number of carbonyl (C=O) groups excluding carboxylic acids is 1. The fourth-order valence-corrected chi connectivity index (χ4v) is 5.11. The lowest BCUT2D eigenvalue weighted by molar-refractivity contribution is -0.384. The molecule has 4 aromatic carbocycles. The molecule has 0 radical (unpaired) electrons. The summed E-state index contributed by atoms with van der Waals surface area (Å²) in [5.74, 6) is 0.406. The molecule has 4 aromatic rings. The van der Waals surface area contributed by atoms with Crippen molar-refractivity contribution in [3.63, 3.8) is 0 Å². The molecule has 0 unspecified atom stereocenters. The molecule has 0 aliphatic heterocycles. The topological polar surface area (TPSA) is 114 Å². The normalized spacial score (nSPS) is 11.1. The number of nitro groups is 1. The van der Waals surface area contributed by atoms with Gasteiger partial charge in [0.2, 0.25) is 0 Å². The minimum atomic E-state index is -0.656. The second-order valence-electron chi connectivity index (χ2n) is 8.24. The standard InChI is InChI=1S/C29H21BrIN3O5/c1-2-38-27-14-18(12-21(16-32)29(35)33-26-11-10-22(34(36)37)15-24(26)30)13-25(31)28(27)39-17-20-8-5-7-19-6-3-4-9-23(19)20/h3-15H,2,17H2,1H3,(H,33,35)/b21-12+. The largest absolute Gasteiger partial charge is 0.490 e. The number of non-ortho nitro benzene ring substituents is 1. The number of nitrogens with zero attached hydrogens (tertiary/aromatic N) is 2. The highest BCUT2D eigenvalue weighted by Crippen LogP contribution is 2.36. The molecule has 1 N–H and O–H groups in total. The maximum absolute atomic E-state index is 12.8. The van der Waals surface area contributed by atoms with Crippen molar-refractivity contribution < 1.29 is 19.2 Å². The number of amides is 1. The summed E-state index contributed by atoms with van der Waals surface area (Å²) in [7, 11) is 0. The van der Waals surface area contributed by atoms with Gasteiger partial charge in [0.15, 0.2) is 11.5 Å². The average Bonchev–Trinajstić information content (AvgIpc) is 2.92. The van der Waals surface area contributed by atoms with E-state index in [-0.39, 0.29) is 11.3 Å². The monoisotopic (exact) mass is 697 g/mol. The second kappa shape index (κ2) is 12.7. The highest BCUT2D eigenvalue weighted by Gasteiger charge is 2.17. The molecule has 0 atom stereocenters. The lowest BCUT2D eigenvalue weighted by Crippen LogP contribution is -2.14. The first-order valence-corrected chi connectivity index (χ1v) is 13.6. The van der Waals surface area contributed by atoms with Crippen LogP contribution in [-0.2, 0) is 11.4 Å². The molecule has 39 heavy (non-hydrogen) atoms. The molecule has 8 nitrogen and oxygen atoms in total. The highest BCUT2D eigenvalue weighted by molar-refractivity contribution is 14.1. The molecule has 0 fully saturated rings. The molecule has 0 bridgehead atoms. The van der Waals surface area contributed by atoms with Crippen molar-refractivity contribution in [2.75, 3.05) is 11.9 Å². The molecule has 0 saturated heterocycles. The van der Waals surface area contributed by atoms with E-state index in [1.165, 1.54) is 24.3 Å². The Balaban J connectivity index is 1.58. The number of nitro benzene ring substituents is 1. The Bertz CT molecular complexity index is 1640. The Morgan fingerprint density at radius 3 is 2.62 bits per heavy atom. The number of nitrogens with one attached hydrogen (secondary N) is 1. The number of rotatable bonds is 9. The van der Waals surface area contributed by atoms with Gasteiger partial charge in [-0.25, -0.2) is 0 Å². The Kier molecular flexibility index (Phi) is 9.16. The van der Waals surface area contributed by atoms with Gasteiger partial charge in [0, 0.05) is 16.6 Å². The van der Waals surface area contributed by atoms with Crippen LogP contribution in [0.3, 0.4) is 0 Å². The summed E-state index contributed by atoms with van der Waals surface area (Å²) < 4.78 is 13.1. The van der Waals surface area contributed by atoms with Crippen molar-refractivity contribution in [1.29, 1.82) is 5.26 Å². The van der Waals surface area contributed by atoms with Crippen LogP contribution in [0.5, 0.6) is 11.5 Å². The Morgan fingerprint density at radius 2 is 1.90 bits per heavy atom. The molecule has 4 rings (SSSR count). The van der Waals surface area contributed by atoms with Gasteiger partial charge in [0.05, 0.1) is 20.8 Å². The smallest absolute Gasteiger partial charge is 0.270 e. The first kappa shape index (κ1) is 28.1. The van der Waals surface area contributed by atoms with Crippen molar-refractivity contribution in [2.45, 2.75) is 13.5 Å². The quantitative estimate of drug-likeness (QED) is 0.0632. The Morgan fingerprint density at radius 1 is 1.13 bits per heavy atom. The summed E-state index contributed by atoms with van der Waals surface area (Å²) in [5.41, 5.74) is 1.64. The van der Waals surface area contributed by atoms with Crippen molar-refractivity contribution in [3.05, 3.63) is 108 Å². The van der Waals surface area contributed by atoms with Crippen LogP contribution in [0.4, 0.5) is 11.4 Å². The number of hydrogen-bond acceptors (Lipinski definition) is 6. The number of nitriles is 1. The summed E-state index contributed by atoms with van der Waals surface area (Å²) in [5, 5.41) is 25.5. The molecule has 0 aliphatic rings. The third kappa shape index (κ3) is 6.74. The number of carbonyl (C=O) groups is 1. The predicted octanol–water partition coefficient (Wildman–Crippen LogP) is 7.64. The third-order valence-corrected chi connectivity index (χ3v) is 7.13. The first-order valence-electron chi connectivity index (χ1n) is 11.7. The van der Waals surface area contributed by atoms with Crippen LogP contribution < -0.4 is 14.8 Å². The van der Waals surface area contributed by atoms with Gasteiger partial charge < -0.3 is 14.8 Å². The lowest BCUT2D eigenvalue weighted by atomic mass is 10.1. The predicted molar refractivity (Wildman–Crippen MR) is 162 cm³/mol. The molecule has 10 heteroatoms. The van der Waals surface area contributed by atoms with Crippen molar-refractivity contribution in [2.24, 2.45) is 0 Å². The zero-order valence-electron chi connectivity index (χ0n) is 20.6. The Hall–Kier alpha value is -3.95. The zero-order valence-corrected chi connectivity index (χ0v) is 24.4. The fourth-order valence-electron chi connectivity index (χ4n) is 3.87. The summed E-state index contributed by atoms with van der Waals surface area (Å²) >= 11 is 5.36. The number of anilines is 1. The molecule has 1 amide bonds. The van der Waals surface area contributed by atoms with Crippen molar-refractivity contribution >= 4 is 72.7 Å². The van der Waals surface area contributed by atoms with Crippen LogP contribution in [0.1, 0.15) is 18.1 Å². The third-order valence-electron chi connectivity index (χ3n) is 5.67. The fraction of sp³-hybridized carbons (Fsp3) is 0.103. The van der Waals surface area contributed by atoms with E-state index in [1.54, 1.807) is 12.1 Å². The van der Waals surface area contributed by atoms with E-state index in [1.807, 2.05) is 37.3 Å². The molecule has 0 aromatic heterocycles. The number of halogens is 2. The van der Waals surface area contributed by atoms with Gasteiger partial charge in [0.25, 0.3) is 11.6 Å². The van der Waals surface area contributed by atoms with Gasteiger partial charge >= 0.3 is 0 Å². The molecule has 0 heterocycles. The molecule has 0 saturated carbocycles. The minimum absolute atomic E-state index is 0.128. The molecule has 0 spiro atoms. The van der Waals surface area contributed by atoms with Crippen molar-refractivity contribution in [3.8, 4) is 17.6 Å². The Labute approximate surface area is 246 Å². The molecule has 196 valence electrons. The summed E-state index contributed by atoms with van der Waals surface area (Å²) in [6.07, 6.45) is 1.45. The van der Waals surface area contributed by atoms with E-state index in [9.17, 15) is 20.2 Å². The maximum Gasteiger partial charge on any atom is 0.270 e. The number of hydrogen-bond donors (Lipinski definition) is 1. The molecular weight excluding hydrogens is 677 g/mol. The highest BCUT2D eigenvalue weighted by atomic mass is 127. The van der Waals surface area contributed by atoms with Gasteiger partial charge in [-0.3, -0.25) is 14.9 Å². The first-order chi connectivity index (χ1) is 18.8. The number of ether oxygens (including phenoxy) is 2. The van der Waals surface area contributed by atoms with E-state index in [0.29, 0.717) is 40.4 Å². The number of fused-ring (bicyclic) bond motifs is 1. The van der Waals surface area contributed by atoms with E-state index < -0.39 is 10.8 Å². The summed E-state index contributed by atoms with van der Waals surface area (Å²) in [6.45, 7) is 2.59. The molecule has 0 aliphatic carbocycles. The van der Waals surface area contributed by atoms with E-state index in [4.69, 9.17) is 9.47 Å². The van der Waals surface area contributed by atoms with Crippen LogP contribution in [0.25, 0.3) is 16.8 Å². The van der Waals surface area contributed by atoms with E-state index in [2.05, 4.69) is 62.0 Å². The van der Waals surface area contributed by atoms with Crippen LogP contribution >= 0.6 is 38.5 Å². The number of benzene rings is 4. The van der Waals surface area contributed by atoms with Crippen LogP contribution in [0.15, 0.2) is 82.8 Å². The van der Waals surface area contributed by atoms with Crippen LogP contribution in [-0.4, -0.2) is 17.4 Å². The lowest BCUT2D eigenvalue weighted by Gasteiger charge is -2.16. The van der Waals surface area contributed by atoms with Gasteiger partial charge in [-0.05, 0) is 91.6 Å².